The summed E-state index contributed by atoms with van der Waals surface area (Å²) >= 11 is 6.02. The van der Waals surface area contributed by atoms with Gasteiger partial charge >= 0.3 is 0 Å². The Labute approximate surface area is 159 Å². The maximum absolute atomic E-state index is 6.02. The van der Waals surface area contributed by atoms with Gasteiger partial charge in [-0.05, 0) is 55.6 Å². The van der Waals surface area contributed by atoms with Crippen molar-refractivity contribution in [3.05, 3.63) is 47.5 Å². The van der Waals surface area contributed by atoms with Crippen molar-refractivity contribution >= 4 is 35.0 Å². The summed E-state index contributed by atoms with van der Waals surface area (Å²) in [4.78, 5) is 10.2. The molecule has 0 atom stereocenters. The topological polar surface area (TPSA) is 41.1 Å². The highest BCUT2D eigenvalue weighted by Crippen LogP contribution is 2.24. The van der Waals surface area contributed by atoms with E-state index in [1.165, 1.54) is 0 Å². The normalized spacial score (nSPS) is 10.9. The largest absolute Gasteiger partial charge is 0.492 e. The Balaban J connectivity index is 0.00000225. The van der Waals surface area contributed by atoms with Crippen LogP contribution in [0.25, 0.3) is 22.4 Å². The van der Waals surface area contributed by atoms with Crippen molar-refractivity contribution in [3.63, 3.8) is 0 Å². The molecule has 6 heteroatoms. The maximum atomic E-state index is 6.02. The zero-order chi connectivity index (χ0) is 16.9. The van der Waals surface area contributed by atoms with Crippen LogP contribution < -0.4 is 4.74 Å². The second-order valence-electron chi connectivity index (χ2n) is 5.65. The first-order valence-corrected chi connectivity index (χ1v) is 8.68. The van der Waals surface area contributed by atoms with Gasteiger partial charge in [0.05, 0.1) is 11.0 Å². The molecule has 134 valence electrons. The lowest BCUT2D eigenvalue weighted by atomic mass is 10.2. The second kappa shape index (κ2) is 9.09. The number of imidazole rings is 1. The molecule has 0 fully saturated rings. The molecule has 0 aliphatic heterocycles. The number of hydrogen-bond acceptors (Lipinski definition) is 3. The third-order valence-electron chi connectivity index (χ3n) is 4.14. The quantitative estimate of drug-likeness (QED) is 0.625. The number of benzene rings is 2. The van der Waals surface area contributed by atoms with Crippen LogP contribution in [0.2, 0.25) is 5.02 Å². The van der Waals surface area contributed by atoms with Gasteiger partial charge in [0.2, 0.25) is 0 Å². The first-order valence-electron chi connectivity index (χ1n) is 8.30. The summed E-state index contributed by atoms with van der Waals surface area (Å²) in [5.74, 6) is 1.71. The van der Waals surface area contributed by atoms with E-state index in [0.29, 0.717) is 11.6 Å². The van der Waals surface area contributed by atoms with E-state index in [2.05, 4.69) is 28.7 Å². The Morgan fingerprint density at radius 1 is 1.08 bits per heavy atom. The van der Waals surface area contributed by atoms with Crippen LogP contribution >= 0.6 is 24.0 Å². The summed E-state index contributed by atoms with van der Waals surface area (Å²) < 4.78 is 5.82. The number of ether oxygens (including phenoxy) is 1. The van der Waals surface area contributed by atoms with Gasteiger partial charge in [-0.25, -0.2) is 4.98 Å². The minimum absolute atomic E-state index is 0. The Hall–Kier alpha value is -1.75. The van der Waals surface area contributed by atoms with E-state index in [9.17, 15) is 0 Å². The van der Waals surface area contributed by atoms with Gasteiger partial charge < -0.3 is 14.6 Å². The van der Waals surface area contributed by atoms with Crippen LogP contribution in [0.5, 0.6) is 5.75 Å². The molecule has 1 heterocycles. The Morgan fingerprint density at radius 3 is 2.48 bits per heavy atom. The molecular weight excluding hydrogens is 357 g/mol. The van der Waals surface area contributed by atoms with Crippen LogP contribution in [-0.2, 0) is 0 Å². The van der Waals surface area contributed by atoms with Gasteiger partial charge in [-0.1, -0.05) is 25.4 Å². The zero-order valence-electron chi connectivity index (χ0n) is 14.5. The van der Waals surface area contributed by atoms with Crippen molar-refractivity contribution in [3.8, 4) is 17.1 Å². The van der Waals surface area contributed by atoms with Crippen LogP contribution in [0.1, 0.15) is 13.8 Å². The fraction of sp³-hybridized carbons (Fsp3) is 0.316. The molecule has 2 aromatic carbocycles. The average Bonchev–Trinajstić information content (AvgIpc) is 3.02. The van der Waals surface area contributed by atoms with Gasteiger partial charge in [-0.3, -0.25) is 0 Å². The van der Waals surface area contributed by atoms with Crippen molar-refractivity contribution in [2.45, 2.75) is 13.8 Å². The number of aromatic nitrogens is 2. The number of H-pyrrole nitrogens is 1. The van der Waals surface area contributed by atoms with Crippen LogP contribution in [0, 0.1) is 0 Å². The fourth-order valence-corrected chi connectivity index (χ4v) is 2.83. The van der Waals surface area contributed by atoms with E-state index in [0.717, 1.165) is 47.8 Å². The van der Waals surface area contributed by atoms with Gasteiger partial charge in [0.25, 0.3) is 0 Å². The highest BCUT2D eigenvalue weighted by atomic mass is 35.5. The fourth-order valence-electron chi connectivity index (χ4n) is 2.66. The highest BCUT2D eigenvalue weighted by Gasteiger charge is 2.06. The SMILES string of the molecule is CCN(CC)CCOc1ccc(-c2nc3ccc(Cl)cc3[nH]2)cc1.Cl. The number of nitrogens with one attached hydrogen (secondary N) is 1. The van der Waals surface area contributed by atoms with Gasteiger partial charge in [0.15, 0.2) is 0 Å². The first-order chi connectivity index (χ1) is 11.7. The third kappa shape index (κ3) is 4.88. The lowest BCUT2D eigenvalue weighted by Gasteiger charge is -2.18. The Bertz CT molecular complexity index is 798. The predicted molar refractivity (Wildman–Crippen MR) is 107 cm³/mol. The predicted octanol–water partition coefficient (Wildman–Crippen LogP) is 5.03. The number of fused-ring (bicyclic) bond motifs is 1. The first kappa shape index (κ1) is 19.6. The molecule has 0 bridgehead atoms. The van der Waals surface area contributed by atoms with E-state index in [-0.39, 0.29) is 12.4 Å². The number of aromatic amines is 1. The van der Waals surface area contributed by atoms with E-state index >= 15 is 0 Å². The van der Waals surface area contributed by atoms with Crippen molar-refractivity contribution in [2.75, 3.05) is 26.2 Å². The number of halogens is 2. The highest BCUT2D eigenvalue weighted by molar-refractivity contribution is 6.31. The molecule has 25 heavy (non-hydrogen) atoms. The summed E-state index contributed by atoms with van der Waals surface area (Å²) in [6.07, 6.45) is 0. The molecule has 0 radical (unpaired) electrons. The Morgan fingerprint density at radius 2 is 1.80 bits per heavy atom. The van der Waals surface area contributed by atoms with Crippen LogP contribution in [-0.4, -0.2) is 41.1 Å². The molecule has 0 aliphatic carbocycles. The lowest BCUT2D eigenvalue weighted by Crippen LogP contribution is -2.27. The molecule has 4 nitrogen and oxygen atoms in total. The zero-order valence-corrected chi connectivity index (χ0v) is 16.0. The van der Waals surface area contributed by atoms with Gasteiger partial charge in [-0.2, -0.15) is 0 Å². The minimum atomic E-state index is 0. The van der Waals surface area contributed by atoms with Crippen LogP contribution in [0.15, 0.2) is 42.5 Å². The molecule has 1 N–H and O–H groups in total. The monoisotopic (exact) mass is 379 g/mol. The molecule has 3 aromatic rings. The molecular formula is C19H23Cl2N3O. The molecule has 0 saturated heterocycles. The molecule has 1 aromatic heterocycles. The van der Waals surface area contributed by atoms with Gasteiger partial charge in [0.1, 0.15) is 18.2 Å². The molecule has 0 aliphatic rings. The van der Waals surface area contributed by atoms with Crippen LogP contribution in [0.3, 0.4) is 0 Å². The molecule has 0 unspecified atom stereocenters. The molecule has 0 spiro atoms. The maximum Gasteiger partial charge on any atom is 0.138 e. The van der Waals surface area contributed by atoms with Crippen LogP contribution in [0.4, 0.5) is 0 Å². The number of hydrogen-bond donors (Lipinski definition) is 1. The number of rotatable bonds is 7. The van der Waals surface area contributed by atoms with Crippen molar-refractivity contribution in [1.82, 2.24) is 14.9 Å². The van der Waals surface area contributed by atoms with Crippen molar-refractivity contribution < 1.29 is 4.74 Å². The number of nitrogens with zero attached hydrogens (tertiary/aromatic N) is 2. The van der Waals surface area contributed by atoms with Gasteiger partial charge in [-0.15, -0.1) is 12.4 Å². The number of likely N-dealkylation sites (N-methyl/N-ethyl adjacent to an activating group) is 1. The molecule has 0 amide bonds. The summed E-state index contributed by atoms with van der Waals surface area (Å²) in [6.45, 7) is 8.07. The second-order valence-corrected chi connectivity index (χ2v) is 6.08. The minimum Gasteiger partial charge on any atom is -0.492 e. The summed E-state index contributed by atoms with van der Waals surface area (Å²) in [5.41, 5.74) is 2.88. The van der Waals surface area contributed by atoms with E-state index in [1.54, 1.807) is 0 Å². The van der Waals surface area contributed by atoms with E-state index < -0.39 is 0 Å². The summed E-state index contributed by atoms with van der Waals surface area (Å²) in [5, 5.41) is 0.703. The summed E-state index contributed by atoms with van der Waals surface area (Å²) in [6, 6.07) is 13.7. The van der Waals surface area contributed by atoms with Crippen molar-refractivity contribution in [2.24, 2.45) is 0 Å². The van der Waals surface area contributed by atoms with E-state index in [4.69, 9.17) is 16.3 Å². The molecule has 3 rings (SSSR count). The molecule has 0 saturated carbocycles. The van der Waals surface area contributed by atoms with Gasteiger partial charge in [0, 0.05) is 17.1 Å². The standard InChI is InChI=1S/C19H22ClN3O.ClH/c1-3-23(4-2)11-12-24-16-8-5-14(6-9-16)19-21-17-10-7-15(20)13-18(17)22-19;/h5-10,13H,3-4,11-12H2,1-2H3,(H,21,22);1H. The van der Waals surface area contributed by atoms with E-state index in [1.807, 2.05) is 42.5 Å². The van der Waals surface area contributed by atoms with Crippen molar-refractivity contribution in [1.29, 1.82) is 0 Å². The third-order valence-corrected chi connectivity index (χ3v) is 4.38. The lowest BCUT2D eigenvalue weighted by molar-refractivity contribution is 0.223. The summed E-state index contributed by atoms with van der Waals surface area (Å²) in [7, 11) is 0. The smallest absolute Gasteiger partial charge is 0.138 e. The Kier molecular flexibility index (Phi) is 7.12. The average molecular weight is 380 g/mol.